The first-order valence-corrected chi connectivity index (χ1v) is 6.19. The fourth-order valence-corrected chi connectivity index (χ4v) is 2.07. The van der Waals surface area contributed by atoms with Gasteiger partial charge in [-0.25, -0.2) is 9.97 Å². The summed E-state index contributed by atoms with van der Waals surface area (Å²) in [4.78, 5) is 21.5. The fraction of sp³-hybridized carbons (Fsp3) is 0.500. The van der Waals surface area contributed by atoms with E-state index in [9.17, 15) is 4.79 Å². The first-order chi connectivity index (χ1) is 7.35. The van der Waals surface area contributed by atoms with Crippen molar-refractivity contribution in [3.05, 3.63) is 11.8 Å². The normalized spacial score (nSPS) is 15.7. The lowest BCUT2D eigenvalue weighted by Gasteiger charge is -2.17. The molecule has 5 heteroatoms. The second-order valence-corrected chi connectivity index (χ2v) is 4.22. The maximum atomic E-state index is 10.9. The van der Waals surface area contributed by atoms with Gasteiger partial charge in [0.2, 0.25) is 0 Å². The molecular weight excluding hydrogens is 210 g/mol. The van der Waals surface area contributed by atoms with E-state index in [-0.39, 0.29) is 0 Å². The average Bonchev–Trinajstić information content (AvgIpc) is 2.81. The van der Waals surface area contributed by atoms with Crippen LogP contribution in [0.25, 0.3) is 0 Å². The third-order valence-electron chi connectivity index (χ3n) is 2.49. The molecule has 1 aliphatic heterocycles. The Balaban J connectivity index is 2.36. The van der Waals surface area contributed by atoms with Gasteiger partial charge in [-0.3, -0.25) is 4.79 Å². The van der Waals surface area contributed by atoms with Crippen molar-refractivity contribution < 1.29 is 4.79 Å². The minimum absolute atomic E-state index is 0.592. The SMILES string of the molecule is CSc1ncc(C=O)c(N2CCCC2)n1. The summed E-state index contributed by atoms with van der Waals surface area (Å²) < 4.78 is 0. The smallest absolute Gasteiger partial charge is 0.189 e. The third-order valence-corrected chi connectivity index (χ3v) is 3.05. The predicted molar refractivity (Wildman–Crippen MR) is 60.6 cm³/mol. The predicted octanol–water partition coefficient (Wildman–Crippen LogP) is 1.61. The monoisotopic (exact) mass is 223 g/mol. The summed E-state index contributed by atoms with van der Waals surface area (Å²) in [6.45, 7) is 1.98. The first kappa shape index (κ1) is 10.4. The molecule has 1 aliphatic rings. The van der Waals surface area contributed by atoms with Crippen LogP contribution in [0.15, 0.2) is 11.4 Å². The topological polar surface area (TPSA) is 46.1 Å². The molecule has 1 aromatic rings. The van der Waals surface area contributed by atoms with Gasteiger partial charge in [-0.05, 0) is 19.1 Å². The molecule has 2 rings (SSSR count). The number of thioether (sulfide) groups is 1. The number of nitrogens with zero attached hydrogens (tertiary/aromatic N) is 3. The zero-order chi connectivity index (χ0) is 10.7. The highest BCUT2D eigenvalue weighted by atomic mass is 32.2. The van der Waals surface area contributed by atoms with Gasteiger partial charge in [0.1, 0.15) is 5.82 Å². The Morgan fingerprint density at radius 1 is 1.47 bits per heavy atom. The lowest BCUT2D eigenvalue weighted by atomic mass is 10.3. The maximum Gasteiger partial charge on any atom is 0.189 e. The van der Waals surface area contributed by atoms with Crippen LogP contribution >= 0.6 is 11.8 Å². The van der Waals surface area contributed by atoms with Crippen molar-refractivity contribution in [2.24, 2.45) is 0 Å². The summed E-state index contributed by atoms with van der Waals surface area (Å²) in [5.74, 6) is 0.793. The second kappa shape index (κ2) is 4.61. The van der Waals surface area contributed by atoms with Gasteiger partial charge in [-0.1, -0.05) is 11.8 Å². The number of hydrogen-bond donors (Lipinski definition) is 0. The van der Waals surface area contributed by atoms with Crippen molar-refractivity contribution in [3.63, 3.8) is 0 Å². The van der Waals surface area contributed by atoms with Gasteiger partial charge in [-0.2, -0.15) is 0 Å². The molecule has 0 aromatic carbocycles. The number of anilines is 1. The molecule has 0 N–H and O–H groups in total. The largest absolute Gasteiger partial charge is 0.356 e. The van der Waals surface area contributed by atoms with Crippen molar-refractivity contribution in [2.45, 2.75) is 18.0 Å². The third kappa shape index (κ3) is 2.12. The molecule has 4 nitrogen and oxygen atoms in total. The van der Waals surface area contributed by atoms with Crippen molar-refractivity contribution in [3.8, 4) is 0 Å². The van der Waals surface area contributed by atoms with E-state index in [4.69, 9.17) is 0 Å². The average molecular weight is 223 g/mol. The van der Waals surface area contributed by atoms with Gasteiger partial charge in [0.05, 0.1) is 5.56 Å². The summed E-state index contributed by atoms with van der Waals surface area (Å²) in [7, 11) is 0. The van der Waals surface area contributed by atoms with E-state index in [0.717, 1.165) is 30.3 Å². The van der Waals surface area contributed by atoms with Crippen molar-refractivity contribution >= 4 is 23.9 Å². The van der Waals surface area contributed by atoms with E-state index in [0.29, 0.717) is 5.56 Å². The lowest BCUT2D eigenvalue weighted by molar-refractivity contribution is 0.112. The molecule has 1 saturated heterocycles. The molecule has 0 unspecified atom stereocenters. The van der Waals surface area contributed by atoms with Crippen LogP contribution in [0.4, 0.5) is 5.82 Å². The quantitative estimate of drug-likeness (QED) is 0.442. The van der Waals surface area contributed by atoms with Crippen LogP contribution in [-0.2, 0) is 0 Å². The molecule has 0 aliphatic carbocycles. The molecule has 0 amide bonds. The Bertz CT molecular complexity index is 364. The van der Waals surface area contributed by atoms with Gasteiger partial charge in [0.25, 0.3) is 0 Å². The second-order valence-electron chi connectivity index (χ2n) is 3.45. The van der Waals surface area contributed by atoms with Crippen molar-refractivity contribution in [1.82, 2.24) is 9.97 Å². The van der Waals surface area contributed by atoms with Gasteiger partial charge in [0.15, 0.2) is 11.4 Å². The van der Waals surface area contributed by atoms with Crippen LogP contribution in [0.3, 0.4) is 0 Å². The fourth-order valence-electron chi connectivity index (χ4n) is 1.73. The lowest BCUT2D eigenvalue weighted by Crippen LogP contribution is -2.21. The Kier molecular flexibility index (Phi) is 3.20. The van der Waals surface area contributed by atoms with E-state index in [1.807, 2.05) is 6.26 Å². The standard InChI is InChI=1S/C10H13N3OS/c1-15-10-11-6-8(7-14)9(12-10)13-4-2-3-5-13/h6-7H,2-5H2,1H3. The summed E-state index contributed by atoms with van der Waals surface area (Å²) in [6.07, 6.45) is 6.73. The highest BCUT2D eigenvalue weighted by Gasteiger charge is 2.17. The van der Waals surface area contributed by atoms with E-state index in [2.05, 4.69) is 14.9 Å². The molecule has 15 heavy (non-hydrogen) atoms. The van der Waals surface area contributed by atoms with Crippen LogP contribution < -0.4 is 4.90 Å². The van der Waals surface area contributed by atoms with Crippen LogP contribution in [0, 0.1) is 0 Å². The molecule has 2 heterocycles. The van der Waals surface area contributed by atoms with E-state index < -0.39 is 0 Å². The number of carbonyl (C=O) groups excluding carboxylic acids is 1. The van der Waals surface area contributed by atoms with Gasteiger partial charge < -0.3 is 4.90 Å². The van der Waals surface area contributed by atoms with Crippen molar-refractivity contribution in [2.75, 3.05) is 24.2 Å². The van der Waals surface area contributed by atoms with Gasteiger partial charge in [0, 0.05) is 19.3 Å². The van der Waals surface area contributed by atoms with E-state index in [1.54, 1.807) is 6.20 Å². The summed E-state index contributed by atoms with van der Waals surface area (Å²) in [5.41, 5.74) is 0.592. The number of hydrogen-bond acceptors (Lipinski definition) is 5. The van der Waals surface area contributed by atoms with Crippen LogP contribution in [-0.4, -0.2) is 35.6 Å². The first-order valence-electron chi connectivity index (χ1n) is 4.96. The molecule has 0 spiro atoms. The Morgan fingerprint density at radius 3 is 2.80 bits per heavy atom. The summed E-state index contributed by atoms with van der Waals surface area (Å²) in [6, 6.07) is 0. The minimum Gasteiger partial charge on any atom is -0.356 e. The highest BCUT2D eigenvalue weighted by Crippen LogP contribution is 2.22. The molecule has 0 radical (unpaired) electrons. The molecule has 0 bridgehead atoms. The number of aromatic nitrogens is 2. The molecular formula is C10H13N3OS. The molecule has 0 saturated carbocycles. The maximum absolute atomic E-state index is 10.9. The number of carbonyl (C=O) groups is 1. The molecule has 80 valence electrons. The Hall–Kier alpha value is -1.10. The number of aldehydes is 1. The molecule has 0 atom stereocenters. The summed E-state index contributed by atoms with van der Waals surface area (Å²) >= 11 is 1.50. The Morgan fingerprint density at radius 2 is 2.20 bits per heavy atom. The van der Waals surface area contributed by atoms with Gasteiger partial charge in [-0.15, -0.1) is 0 Å². The Labute approximate surface area is 93.1 Å². The zero-order valence-corrected chi connectivity index (χ0v) is 9.46. The van der Waals surface area contributed by atoms with E-state index >= 15 is 0 Å². The van der Waals surface area contributed by atoms with Crippen molar-refractivity contribution in [1.29, 1.82) is 0 Å². The summed E-state index contributed by atoms with van der Waals surface area (Å²) in [5, 5.41) is 0.725. The van der Waals surface area contributed by atoms with E-state index in [1.165, 1.54) is 24.6 Å². The molecule has 1 aromatic heterocycles. The molecule has 1 fully saturated rings. The minimum atomic E-state index is 0.592. The van der Waals surface area contributed by atoms with Crippen LogP contribution in [0.5, 0.6) is 0 Å². The van der Waals surface area contributed by atoms with Crippen LogP contribution in [0.1, 0.15) is 23.2 Å². The highest BCUT2D eigenvalue weighted by molar-refractivity contribution is 7.98. The van der Waals surface area contributed by atoms with Gasteiger partial charge >= 0.3 is 0 Å². The zero-order valence-electron chi connectivity index (χ0n) is 8.64. The van der Waals surface area contributed by atoms with Crippen LogP contribution in [0.2, 0.25) is 0 Å². The number of rotatable bonds is 3.